The summed E-state index contributed by atoms with van der Waals surface area (Å²) in [5.74, 6) is -0.684. The van der Waals surface area contributed by atoms with E-state index in [-0.39, 0.29) is 17.4 Å². The third-order valence-corrected chi connectivity index (χ3v) is 3.05. The van der Waals surface area contributed by atoms with Gasteiger partial charge in [-0.2, -0.15) is 0 Å². The molecule has 0 fully saturated rings. The van der Waals surface area contributed by atoms with E-state index in [1.54, 1.807) is 12.2 Å². The van der Waals surface area contributed by atoms with Crippen LogP contribution in [0.15, 0.2) is 77.4 Å². The first-order valence-electron chi connectivity index (χ1n) is 6.72. The summed E-state index contributed by atoms with van der Waals surface area (Å²) in [5.41, 5.74) is 1.80. The minimum Gasteiger partial charge on any atom is -0.402 e. The number of hydrogen-bond donors (Lipinski definition) is 0. The molecule has 0 radical (unpaired) electrons. The minimum atomic E-state index is -0.517. The number of benzene rings is 2. The summed E-state index contributed by atoms with van der Waals surface area (Å²) in [4.78, 5) is 15.9. The number of halogens is 1. The maximum atomic E-state index is 12.9. The SMILES string of the molecule is O=C1OC(c2ccc(F)cc2)=N/C1=C/C=C/c1ccccc1. The standard InChI is InChI=1S/C18H12FNO2/c19-15-11-9-14(10-12-15)17-20-16(18(21)22-17)8-4-7-13-5-2-1-3-6-13/h1-12H/b7-4+,16-8+. The monoisotopic (exact) mass is 293 g/mol. The molecule has 0 bridgehead atoms. The summed E-state index contributed by atoms with van der Waals surface area (Å²) in [5, 5.41) is 0. The first-order valence-corrected chi connectivity index (χ1v) is 6.72. The van der Waals surface area contributed by atoms with Crippen molar-refractivity contribution in [3.8, 4) is 0 Å². The average molecular weight is 293 g/mol. The molecule has 0 unspecified atom stereocenters. The number of carbonyl (C=O) groups excluding carboxylic acids is 1. The van der Waals surface area contributed by atoms with Crippen LogP contribution in [0, 0.1) is 5.82 Å². The molecule has 1 heterocycles. The van der Waals surface area contributed by atoms with Crippen LogP contribution < -0.4 is 0 Å². The van der Waals surface area contributed by atoms with Crippen LogP contribution in [0.1, 0.15) is 11.1 Å². The molecule has 0 aromatic heterocycles. The van der Waals surface area contributed by atoms with Crippen LogP contribution in [0.5, 0.6) is 0 Å². The maximum absolute atomic E-state index is 12.9. The summed E-state index contributed by atoms with van der Waals surface area (Å²) in [7, 11) is 0. The van der Waals surface area contributed by atoms with E-state index < -0.39 is 5.97 Å². The zero-order valence-electron chi connectivity index (χ0n) is 11.6. The van der Waals surface area contributed by atoms with Crippen molar-refractivity contribution in [3.05, 3.63) is 89.4 Å². The second-order valence-corrected chi connectivity index (χ2v) is 4.64. The maximum Gasteiger partial charge on any atom is 0.363 e. The summed E-state index contributed by atoms with van der Waals surface area (Å²) < 4.78 is 18.0. The lowest BCUT2D eigenvalue weighted by atomic mass is 10.2. The predicted octanol–water partition coefficient (Wildman–Crippen LogP) is 3.73. The Kier molecular flexibility index (Phi) is 3.92. The Balaban J connectivity index is 1.79. The van der Waals surface area contributed by atoms with Gasteiger partial charge in [-0.3, -0.25) is 0 Å². The topological polar surface area (TPSA) is 38.7 Å². The fourth-order valence-corrected chi connectivity index (χ4v) is 1.95. The average Bonchev–Trinajstić information content (AvgIpc) is 2.90. The van der Waals surface area contributed by atoms with Gasteiger partial charge >= 0.3 is 5.97 Å². The van der Waals surface area contributed by atoms with Crippen molar-refractivity contribution in [2.75, 3.05) is 0 Å². The van der Waals surface area contributed by atoms with E-state index in [1.165, 1.54) is 24.3 Å². The van der Waals surface area contributed by atoms with Gasteiger partial charge in [0.05, 0.1) is 0 Å². The van der Waals surface area contributed by atoms with Gasteiger partial charge in [0.15, 0.2) is 5.70 Å². The van der Waals surface area contributed by atoms with Crippen molar-refractivity contribution >= 4 is 17.9 Å². The fourth-order valence-electron chi connectivity index (χ4n) is 1.95. The highest BCUT2D eigenvalue weighted by molar-refractivity contribution is 6.11. The zero-order chi connectivity index (χ0) is 15.4. The second-order valence-electron chi connectivity index (χ2n) is 4.64. The number of esters is 1. The number of rotatable bonds is 3. The fraction of sp³-hybridized carbons (Fsp3) is 0. The molecule has 22 heavy (non-hydrogen) atoms. The summed E-state index contributed by atoms with van der Waals surface area (Å²) in [6.07, 6.45) is 5.20. The number of aliphatic imine (C=N–C) groups is 1. The molecule has 0 saturated carbocycles. The number of hydrogen-bond acceptors (Lipinski definition) is 3. The van der Waals surface area contributed by atoms with Crippen molar-refractivity contribution in [2.24, 2.45) is 4.99 Å². The van der Waals surface area contributed by atoms with E-state index >= 15 is 0 Å². The molecule has 0 amide bonds. The first-order chi connectivity index (χ1) is 10.7. The molecule has 1 aliphatic rings. The third-order valence-electron chi connectivity index (χ3n) is 3.05. The van der Waals surface area contributed by atoms with Gasteiger partial charge in [0.25, 0.3) is 0 Å². The van der Waals surface area contributed by atoms with Gasteiger partial charge < -0.3 is 4.74 Å². The Morgan fingerprint density at radius 3 is 2.45 bits per heavy atom. The molecule has 108 valence electrons. The van der Waals surface area contributed by atoms with Crippen molar-refractivity contribution in [1.29, 1.82) is 0 Å². The Morgan fingerprint density at radius 1 is 1.00 bits per heavy atom. The molecule has 0 aliphatic carbocycles. The third kappa shape index (κ3) is 3.17. The lowest BCUT2D eigenvalue weighted by Crippen LogP contribution is -2.05. The normalized spacial score (nSPS) is 16.1. The molecular formula is C18H12FNO2. The van der Waals surface area contributed by atoms with E-state index in [4.69, 9.17) is 4.74 Å². The first kappa shape index (κ1) is 13.9. The van der Waals surface area contributed by atoms with Gasteiger partial charge in [-0.25, -0.2) is 14.2 Å². The van der Waals surface area contributed by atoms with E-state index in [0.717, 1.165) is 5.56 Å². The Morgan fingerprint density at radius 2 is 1.73 bits per heavy atom. The molecule has 3 nitrogen and oxygen atoms in total. The van der Waals surface area contributed by atoms with Crippen molar-refractivity contribution < 1.29 is 13.9 Å². The number of nitrogens with zero attached hydrogens (tertiary/aromatic N) is 1. The van der Waals surface area contributed by atoms with Crippen molar-refractivity contribution in [3.63, 3.8) is 0 Å². The van der Waals surface area contributed by atoms with E-state index in [1.807, 2.05) is 36.4 Å². The molecule has 4 heteroatoms. The molecule has 3 rings (SSSR count). The highest BCUT2D eigenvalue weighted by Gasteiger charge is 2.23. The van der Waals surface area contributed by atoms with Gasteiger partial charge in [0.2, 0.25) is 5.90 Å². The van der Waals surface area contributed by atoms with Crippen LogP contribution in [-0.4, -0.2) is 11.9 Å². The zero-order valence-corrected chi connectivity index (χ0v) is 11.6. The molecule has 0 N–H and O–H groups in total. The van der Waals surface area contributed by atoms with E-state index in [9.17, 15) is 9.18 Å². The quantitative estimate of drug-likeness (QED) is 0.639. The molecular weight excluding hydrogens is 281 g/mol. The second kappa shape index (κ2) is 6.18. The number of carbonyl (C=O) groups is 1. The Bertz CT molecular complexity index is 774. The van der Waals surface area contributed by atoms with Crippen LogP contribution >= 0.6 is 0 Å². The van der Waals surface area contributed by atoms with Gasteiger partial charge in [-0.05, 0) is 35.9 Å². The summed E-state index contributed by atoms with van der Waals surface area (Å²) >= 11 is 0. The summed E-state index contributed by atoms with van der Waals surface area (Å²) in [6, 6.07) is 15.3. The van der Waals surface area contributed by atoms with Crippen LogP contribution in [0.4, 0.5) is 4.39 Å². The summed E-state index contributed by atoms with van der Waals surface area (Å²) in [6.45, 7) is 0. The van der Waals surface area contributed by atoms with Gasteiger partial charge in [0, 0.05) is 5.56 Å². The molecule has 2 aromatic carbocycles. The van der Waals surface area contributed by atoms with Crippen LogP contribution in [-0.2, 0) is 9.53 Å². The van der Waals surface area contributed by atoms with Gasteiger partial charge in [-0.15, -0.1) is 0 Å². The Labute approximate surface area is 127 Å². The largest absolute Gasteiger partial charge is 0.402 e. The van der Waals surface area contributed by atoms with Crippen LogP contribution in [0.3, 0.4) is 0 Å². The Hall–Kier alpha value is -3.01. The van der Waals surface area contributed by atoms with Crippen molar-refractivity contribution in [1.82, 2.24) is 0 Å². The van der Waals surface area contributed by atoms with Gasteiger partial charge in [-0.1, -0.05) is 42.5 Å². The van der Waals surface area contributed by atoms with Crippen LogP contribution in [0.2, 0.25) is 0 Å². The molecule has 2 aromatic rings. The van der Waals surface area contributed by atoms with Crippen LogP contribution in [0.25, 0.3) is 6.08 Å². The number of cyclic esters (lactones) is 1. The molecule has 0 atom stereocenters. The van der Waals surface area contributed by atoms with Crippen molar-refractivity contribution in [2.45, 2.75) is 0 Å². The highest BCUT2D eigenvalue weighted by atomic mass is 19.1. The smallest absolute Gasteiger partial charge is 0.363 e. The molecule has 0 spiro atoms. The minimum absolute atomic E-state index is 0.185. The van der Waals surface area contributed by atoms with E-state index in [0.29, 0.717) is 5.56 Å². The number of ether oxygens (including phenoxy) is 1. The molecule has 0 saturated heterocycles. The highest BCUT2D eigenvalue weighted by Crippen LogP contribution is 2.17. The number of allylic oxidation sites excluding steroid dienone is 2. The lowest BCUT2D eigenvalue weighted by Gasteiger charge is -1.98. The van der Waals surface area contributed by atoms with E-state index in [2.05, 4.69) is 4.99 Å². The predicted molar refractivity (Wildman–Crippen MR) is 82.6 cm³/mol. The lowest BCUT2D eigenvalue weighted by molar-refractivity contribution is -0.130. The van der Waals surface area contributed by atoms with Gasteiger partial charge in [0.1, 0.15) is 5.82 Å². The molecule has 1 aliphatic heterocycles.